The van der Waals surface area contributed by atoms with Crippen molar-refractivity contribution in [3.63, 3.8) is 0 Å². The second-order valence-corrected chi connectivity index (χ2v) is 6.44. The van der Waals surface area contributed by atoms with Crippen molar-refractivity contribution < 1.29 is 4.79 Å². The van der Waals surface area contributed by atoms with Crippen LogP contribution in [0.4, 0.5) is 0 Å². The largest absolute Gasteiger partial charge is 0.352 e. The number of halogens is 1. The molecule has 0 bridgehead atoms. The van der Waals surface area contributed by atoms with Crippen LogP contribution in [0.25, 0.3) is 0 Å². The van der Waals surface area contributed by atoms with Gasteiger partial charge < -0.3 is 10.6 Å². The van der Waals surface area contributed by atoms with Crippen LogP contribution in [0.5, 0.6) is 0 Å². The molecule has 1 fully saturated rings. The Morgan fingerprint density at radius 1 is 1.48 bits per heavy atom. The SMILES string of the molecule is CCCC1(C(=O)NC(C)Cc2ccccc2Cl)CCCN1. The van der Waals surface area contributed by atoms with Crippen LogP contribution in [-0.4, -0.2) is 24.0 Å². The summed E-state index contributed by atoms with van der Waals surface area (Å²) in [5.41, 5.74) is 0.722. The molecule has 1 amide bonds. The molecule has 2 atom stereocenters. The highest BCUT2D eigenvalue weighted by Gasteiger charge is 2.40. The molecule has 1 aromatic carbocycles. The van der Waals surface area contributed by atoms with Gasteiger partial charge >= 0.3 is 0 Å². The second-order valence-electron chi connectivity index (χ2n) is 6.03. The summed E-state index contributed by atoms with van der Waals surface area (Å²) in [6, 6.07) is 7.89. The van der Waals surface area contributed by atoms with Gasteiger partial charge in [-0.3, -0.25) is 4.79 Å². The normalized spacial score (nSPS) is 23.0. The molecule has 1 aliphatic rings. The first-order valence-corrected chi connectivity index (χ1v) is 8.24. The molecule has 116 valence electrons. The number of hydrogen-bond acceptors (Lipinski definition) is 2. The van der Waals surface area contributed by atoms with Crippen molar-refractivity contribution in [3.05, 3.63) is 34.9 Å². The molecule has 0 aromatic heterocycles. The number of amides is 1. The summed E-state index contributed by atoms with van der Waals surface area (Å²) in [5, 5.41) is 7.34. The van der Waals surface area contributed by atoms with Gasteiger partial charge in [-0.15, -0.1) is 0 Å². The number of nitrogens with one attached hydrogen (secondary N) is 2. The molecule has 2 unspecified atom stereocenters. The van der Waals surface area contributed by atoms with E-state index in [1.807, 2.05) is 31.2 Å². The molecule has 21 heavy (non-hydrogen) atoms. The van der Waals surface area contributed by atoms with Crippen LogP contribution < -0.4 is 10.6 Å². The third-order valence-electron chi connectivity index (χ3n) is 4.22. The van der Waals surface area contributed by atoms with E-state index in [-0.39, 0.29) is 17.5 Å². The number of hydrogen-bond donors (Lipinski definition) is 2. The Balaban J connectivity index is 1.97. The number of rotatable bonds is 6. The zero-order valence-electron chi connectivity index (χ0n) is 12.9. The monoisotopic (exact) mass is 308 g/mol. The third kappa shape index (κ3) is 3.98. The van der Waals surface area contributed by atoms with E-state index in [4.69, 9.17) is 11.6 Å². The van der Waals surface area contributed by atoms with Gasteiger partial charge in [0.25, 0.3) is 0 Å². The molecule has 0 saturated carbocycles. The Hall–Kier alpha value is -1.06. The Labute approximate surface area is 132 Å². The van der Waals surface area contributed by atoms with Gasteiger partial charge in [-0.25, -0.2) is 0 Å². The first kappa shape index (κ1) is 16.3. The molecular formula is C17H25ClN2O. The van der Waals surface area contributed by atoms with Gasteiger partial charge in [0.05, 0.1) is 5.54 Å². The smallest absolute Gasteiger partial charge is 0.240 e. The van der Waals surface area contributed by atoms with Crippen molar-refractivity contribution in [3.8, 4) is 0 Å². The summed E-state index contributed by atoms with van der Waals surface area (Å²) in [5.74, 6) is 0.140. The minimum Gasteiger partial charge on any atom is -0.352 e. The minimum atomic E-state index is -0.358. The van der Waals surface area contributed by atoms with Gasteiger partial charge in [-0.05, 0) is 50.8 Å². The Morgan fingerprint density at radius 2 is 2.24 bits per heavy atom. The lowest BCUT2D eigenvalue weighted by molar-refractivity contribution is -0.128. The summed E-state index contributed by atoms with van der Waals surface area (Å²) in [7, 11) is 0. The summed E-state index contributed by atoms with van der Waals surface area (Å²) >= 11 is 6.18. The zero-order valence-corrected chi connectivity index (χ0v) is 13.7. The van der Waals surface area contributed by atoms with Crippen molar-refractivity contribution in [1.82, 2.24) is 10.6 Å². The highest BCUT2D eigenvalue weighted by Crippen LogP contribution is 2.25. The Bertz CT molecular complexity index is 483. The maximum Gasteiger partial charge on any atom is 0.240 e. The van der Waals surface area contributed by atoms with Crippen LogP contribution in [0.2, 0.25) is 5.02 Å². The molecule has 0 aliphatic carbocycles. The van der Waals surface area contributed by atoms with Gasteiger partial charge in [-0.1, -0.05) is 43.1 Å². The van der Waals surface area contributed by atoms with E-state index >= 15 is 0 Å². The van der Waals surface area contributed by atoms with Crippen LogP contribution in [-0.2, 0) is 11.2 Å². The molecule has 2 rings (SSSR count). The van der Waals surface area contributed by atoms with E-state index in [1.54, 1.807) is 0 Å². The summed E-state index contributed by atoms with van der Waals surface area (Å²) in [6.45, 7) is 5.10. The molecule has 1 saturated heterocycles. The van der Waals surface area contributed by atoms with Crippen molar-refractivity contribution in [2.75, 3.05) is 6.54 Å². The van der Waals surface area contributed by atoms with Crippen LogP contribution in [0.15, 0.2) is 24.3 Å². The standard InChI is InChI=1S/C17H25ClN2O/c1-3-9-17(10-6-11-19-17)16(21)20-13(2)12-14-7-4-5-8-15(14)18/h4-5,7-8,13,19H,3,6,9-12H2,1-2H3,(H,20,21). The molecular weight excluding hydrogens is 284 g/mol. The summed E-state index contributed by atoms with van der Waals surface area (Å²) in [4.78, 5) is 12.6. The predicted molar refractivity (Wildman–Crippen MR) is 87.6 cm³/mol. The van der Waals surface area contributed by atoms with Crippen molar-refractivity contribution in [1.29, 1.82) is 0 Å². The van der Waals surface area contributed by atoms with Gasteiger partial charge in [-0.2, -0.15) is 0 Å². The van der Waals surface area contributed by atoms with Crippen molar-refractivity contribution >= 4 is 17.5 Å². The number of benzene rings is 1. The number of carbonyl (C=O) groups excluding carboxylic acids is 1. The van der Waals surface area contributed by atoms with E-state index in [0.29, 0.717) is 0 Å². The average molecular weight is 309 g/mol. The number of carbonyl (C=O) groups is 1. The lowest BCUT2D eigenvalue weighted by Gasteiger charge is -2.29. The van der Waals surface area contributed by atoms with E-state index in [0.717, 1.165) is 49.2 Å². The molecule has 0 spiro atoms. The first-order valence-electron chi connectivity index (χ1n) is 7.87. The summed E-state index contributed by atoms with van der Waals surface area (Å²) < 4.78 is 0. The zero-order chi connectivity index (χ0) is 15.3. The van der Waals surface area contributed by atoms with Gasteiger partial charge in [0, 0.05) is 11.1 Å². The fourth-order valence-electron chi connectivity index (χ4n) is 3.16. The van der Waals surface area contributed by atoms with Gasteiger partial charge in [0.2, 0.25) is 5.91 Å². The Morgan fingerprint density at radius 3 is 2.86 bits per heavy atom. The minimum absolute atomic E-state index is 0.0773. The molecule has 2 N–H and O–H groups in total. The van der Waals surface area contributed by atoms with Crippen LogP contribution >= 0.6 is 11.6 Å². The van der Waals surface area contributed by atoms with E-state index in [2.05, 4.69) is 17.6 Å². The molecule has 1 aromatic rings. The fourth-order valence-corrected chi connectivity index (χ4v) is 3.37. The van der Waals surface area contributed by atoms with Gasteiger partial charge in [0.15, 0.2) is 0 Å². The molecule has 1 aliphatic heterocycles. The van der Waals surface area contributed by atoms with E-state index in [9.17, 15) is 4.79 Å². The lowest BCUT2D eigenvalue weighted by Crippen LogP contribution is -2.55. The quantitative estimate of drug-likeness (QED) is 0.846. The first-order chi connectivity index (χ1) is 10.1. The third-order valence-corrected chi connectivity index (χ3v) is 4.59. The van der Waals surface area contributed by atoms with Crippen LogP contribution in [0.1, 0.15) is 45.1 Å². The van der Waals surface area contributed by atoms with Crippen molar-refractivity contribution in [2.24, 2.45) is 0 Å². The summed E-state index contributed by atoms with van der Waals surface area (Å²) in [6.07, 6.45) is 4.68. The second kappa shape index (κ2) is 7.28. The maximum atomic E-state index is 12.6. The van der Waals surface area contributed by atoms with Crippen LogP contribution in [0, 0.1) is 0 Å². The highest BCUT2D eigenvalue weighted by atomic mass is 35.5. The Kier molecular flexibility index (Phi) is 5.65. The molecule has 3 nitrogen and oxygen atoms in total. The molecule has 4 heteroatoms. The van der Waals surface area contributed by atoms with E-state index < -0.39 is 0 Å². The highest BCUT2D eigenvalue weighted by molar-refractivity contribution is 6.31. The maximum absolute atomic E-state index is 12.6. The fraction of sp³-hybridized carbons (Fsp3) is 0.588. The van der Waals surface area contributed by atoms with E-state index in [1.165, 1.54) is 0 Å². The lowest BCUT2D eigenvalue weighted by atomic mass is 9.90. The van der Waals surface area contributed by atoms with Gasteiger partial charge in [0.1, 0.15) is 0 Å². The van der Waals surface area contributed by atoms with Crippen LogP contribution in [0.3, 0.4) is 0 Å². The average Bonchev–Trinajstić information content (AvgIpc) is 2.92. The molecule has 1 heterocycles. The predicted octanol–water partition coefficient (Wildman–Crippen LogP) is 3.31. The topological polar surface area (TPSA) is 41.1 Å². The van der Waals surface area contributed by atoms with Crippen molar-refractivity contribution in [2.45, 2.75) is 57.5 Å². The molecule has 0 radical (unpaired) electrons.